The molecule has 3 N–H and O–H groups in total. The third kappa shape index (κ3) is 4.92. The fourth-order valence-electron chi connectivity index (χ4n) is 1.85. The molecule has 16 heavy (non-hydrogen) atoms. The van der Waals surface area contributed by atoms with E-state index in [1.807, 2.05) is 19.0 Å². The lowest BCUT2D eigenvalue weighted by molar-refractivity contribution is -0.123. The van der Waals surface area contributed by atoms with Crippen LogP contribution in [0.25, 0.3) is 0 Å². The van der Waals surface area contributed by atoms with Crippen LogP contribution in [-0.2, 0) is 4.79 Å². The van der Waals surface area contributed by atoms with Crippen molar-refractivity contribution in [2.75, 3.05) is 40.3 Å². The number of hydrogen-bond donors (Lipinski definition) is 3. The molecule has 1 heterocycles. The molecule has 1 amide bonds. The molecule has 1 rings (SSSR count). The van der Waals surface area contributed by atoms with Crippen molar-refractivity contribution in [3.63, 3.8) is 0 Å². The molecule has 0 saturated carbocycles. The number of aliphatic hydroxyl groups is 1. The summed E-state index contributed by atoms with van der Waals surface area (Å²) >= 11 is 0. The maximum absolute atomic E-state index is 11.5. The molecular formula is C11H23N3O2. The molecule has 1 fully saturated rings. The molecule has 0 aromatic rings. The van der Waals surface area contributed by atoms with Crippen LogP contribution < -0.4 is 10.6 Å². The number of nitrogens with one attached hydrogen (secondary N) is 2. The molecule has 0 aliphatic carbocycles. The Morgan fingerprint density at radius 3 is 2.62 bits per heavy atom. The van der Waals surface area contributed by atoms with E-state index in [2.05, 4.69) is 10.6 Å². The molecule has 0 aromatic heterocycles. The SMILES string of the molecule is CN(C)CC(C)(O)CNC(=O)CC1CNC1. The van der Waals surface area contributed by atoms with Gasteiger partial charge in [0.1, 0.15) is 0 Å². The van der Waals surface area contributed by atoms with Gasteiger partial charge in [-0.1, -0.05) is 0 Å². The molecule has 0 aromatic carbocycles. The zero-order valence-electron chi connectivity index (χ0n) is 10.4. The lowest BCUT2D eigenvalue weighted by Crippen LogP contribution is -2.49. The average Bonchev–Trinajstić information content (AvgIpc) is 2.06. The Balaban J connectivity index is 2.18. The zero-order valence-corrected chi connectivity index (χ0v) is 10.4. The first-order valence-electron chi connectivity index (χ1n) is 5.73. The van der Waals surface area contributed by atoms with Crippen LogP contribution in [0.4, 0.5) is 0 Å². The van der Waals surface area contributed by atoms with E-state index in [1.54, 1.807) is 6.92 Å². The molecule has 1 aliphatic rings. The summed E-state index contributed by atoms with van der Waals surface area (Å²) in [5.41, 5.74) is -0.864. The molecule has 94 valence electrons. The Labute approximate surface area is 97.2 Å². The molecule has 1 atom stereocenters. The molecule has 5 nitrogen and oxygen atoms in total. The van der Waals surface area contributed by atoms with Gasteiger partial charge in [0.15, 0.2) is 0 Å². The highest BCUT2D eigenvalue weighted by Gasteiger charge is 2.24. The van der Waals surface area contributed by atoms with Gasteiger partial charge < -0.3 is 20.6 Å². The average molecular weight is 229 g/mol. The predicted octanol–water partition coefficient (Wildman–Crippen LogP) is -0.975. The number of nitrogens with zero attached hydrogens (tertiary/aromatic N) is 1. The summed E-state index contributed by atoms with van der Waals surface area (Å²) in [4.78, 5) is 13.4. The minimum atomic E-state index is -0.864. The predicted molar refractivity (Wildman–Crippen MR) is 63.2 cm³/mol. The van der Waals surface area contributed by atoms with Crippen LogP contribution in [0.5, 0.6) is 0 Å². The van der Waals surface area contributed by atoms with Crippen LogP contribution in [0.2, 0.25) is 0 Å². The van der Waals surface area contributed by atoms with E-state index in [0.717, 1.165) is 13.1 Å². The summed E-state index contributed by atoms with van der Waals surface area (Å²) in [6, 6.07) is 0. The topological polar surface area (TPSA) is 64.6 Å². The monoisotopic (exact) mass is 229 g/mol. The van der Waals surface area contributed by atoms with Gasteiger partial charge in [-0.15, -0.1) is 0 Å². The van der Waals surface area contributed by atoms with Crippen LogP contribution in [0.15, 0.2) is 0 Å². The summed E-state index contributed by atoms with van der Waals surface area (Å²) in [5, 5.41) is 15.9. The van der Waals surface area contributed by atoms with Crippen LogP contribution in [0.3, 0.4) is 0 Å². The quantitative estimate of drug-likeness (QED) is 0.548. The van der Waals surface area contributed by atoms with Gasteiger partial charge in [-0.3, -0.25) is 4.79 Å². The third-order valence-electron chi connectivity index (χ3n) is 2.66. The van der Waals surface area contributed by atoms with Crippen molar-refractivity contribution in [3.8, 4) is 0 Å². The molecule has 0 spiro atoms. The first kappa shape index (κ1) is 13.4. The molecule has 1 unspecified atom stereocenters. The van der Waals surface area contributed by atoms with E-state index >= 15 is 0 Å². The first-order valence-corrected chi connectivity index (χ1v) is 5.73. The Kier molecular flexibility index (Phi) is 4.70. The maximum Gasteiger partial charge on any atom is 0.220 e. The van der Waals surface area contributed by atoms with E-state index in [0.29, 0.717) is 25.4 Å². The molecule has 0 bridgehead atoms. The van der Waals surface area contributed by atoms with Crippen molar-refractivity contribution in [2.24, 2.45) is 5.92 Å². The number of carbonyl (C=O) groups excluding carboxylic acids is 1. The Morgan fingerprint density at radius 2 is 2.19 bits per heavy atom. The van der Waals surface area contributed by atoms with E-state index in [4.69, 9.17) is 0 Å². The van der Waals surface area contributed by atoms with Gasteiger partial charge in [-0.25, -0.2) is 0 Å². The largest absolute Gasteiger partial charge is 0.387 e. The number of likely N-dealkylation sites (N-methyl/N-ethyl adjacent to an activating group) is 1. The zero-order chi connectivity index (χ0) is 12.2. The number of amides is 1. The lowest BCUT2D eigenvalue weighted by atomic mass is 9.99. The van der Waals surface area contributed by atoms with Gasteiger partial charge in [0, 0.05) is 19.5 Å². The molecule has 1 aliphatic heterocycles. The van der Waals surface area contributed by atoms with E-state index in [9.17, 15) is 9.90 Å². The minimum Gasteiger partial charge on any atom is -0.387 e. The minimum absolute atomic E-state index is 0.0329. The second kappa shape index (κ2) is 5.61. The smallest absolute Gasteiger partial charge is 0.220 e. The second-order valence-electron chi connectivity index (χ2n) is 5.24. The first-order chi connectivity index (χ1) is 7.39. The summed E-state index contributed by atoms with van der Waals surface area (Å²) in [5.74, 6) is 0.504. The number of rotatable bonds is 6. The highest BCUT2D eigenvalue weighted by Crippen LogP contribution is 2.08. The summed E-state index contributed by atoms with van der Waals surface area (Å²) in [6.45, 7) is 4.45. The lowest BCUT2D eigenvalue weighted by Gasteiger charge is -2.29. The summed E-state index contributed by atoms with van der Waals surface area (Å²) in [7, 11) is 3.80. The Bertz CT molecular complexity index is 237. The van der Waals surface area contributed by atoms with Crippen LogP contribution >= 0.6 is 0 Å². The van der Waals surface area contributed by atoms with Gasteiger partial charge in [-0.2, -0.15) is 0 Å². The highest BCUT2D eigenvalue weighted by molar-refractivity contribution is 5.76. The maximum atomic E-state index is 11.5. The van der Waals surface area contributed by atoms with Crippen LogP contribution in [0.1, 0.15) is 13.3 Å². The summed E-state index contributed by atoms with van der Waals surface area (Å²) in [6.07, 6.45) is 0.561. The Morgan fingerprint density at radius 1 is 1.56 bits per heavy atom. The van der Waals surface area contributed by atoms with Gasteiger partial charge in [0.25, 0.3) is 0 Å². The van der Waals surface area contributed by atoms with Crippen LogP contribution in [0, 0.1) is 5.92 Å². The summed E-state index contributed by atoms with van der Waals surface area (Å²) < 4.78 is 0. The van der Waals surface area contributed by atoms with Crippen molar-refractivity contribution >= 4 is 5.91 Å². The second-order valence-corrected chi connectivity index (χ2v) is 5.24. The van der Waals surface area contributed by atoms with Gasteiger partial charge in [0.05, 0.1) is 5.60 Å². The van der Waals surface area contributed by atoms with E-state index < -0.39 is 5.60 Å². The molecular weight excluding hydrogens is 206 g/mol. The van der Waals surface area contributed by atoms with Crippen molar-refractivity contribution in [1.29, 1.82) is 0 Å². The van der Waals surface area contributed by atoms with Crippen molar-refractivity contribution in [2.45, 2.75) is 18.9 Å². The standard InChI is InChI=1S/C11H23N3O2/c1-11(16,8-14(2)3)7-13-10(15)4-9-5-12-6-9/h9,12,16H,4-8H2,1-3H3,(H,13,15). The van der Waals surface area contributed by atoms with Crippen LogP contribution in [-0.4, -0.2) is 61.8 Å². The Hall–Kier alpha value is -0.650. The van der Waals surface area contributed by atoms with Gasteiger partial charge >= 0.3 is 0 Å². The normalized spacial score (nSPS) is 20.3. The molecule has 1 saturated heterocycles. The number of hydrogen-bond acceptors (Lipinski definition) is 4. The fraction of sp³-hybridized carbons (Fsp3) is 0.909. The fourth-order valence-corrected chi connectivity index (χ4v) is 1.85. The third-order valence-corrected chi connectivity index (χ3v) is 2.66. The molecule has 5 heteroatoms. The van der Waals surface area contributed by atoms with Crippen molar-refractivity contribution < 1.29 is 9.90 Å². The van der Waals surface area contributed by atoms with E-state index in [-0.39, 0.29) is 5.91 Å². The van der Waals surface area contributed by atoms with Gasteiger partial charge in [-0.05, 0) is 40.0 Å². The van der Waals surface area contributed by atoms with Crippen molar-refractivity contribution in [3.05, 3.63) is 0 Å². The number of carbonyl (C=O) groups is 1. The van der Waals surface area contributed by atoms with E-state index in [1.165, 1.54) is 0 Å². The molecule has 0 radical (unpaired) electrons. The van der Waals surface area contributed by atoms with Crippen molar-refractivity contribution in [1.82, 2.24) is 15.5 Å². The van der Waals surface area contributed by atoms with Gasteiger partial charge in [0.2, 0.25) is 5.91 Å². The highest BCUT2D eigenvalue weighted by atomic mass is 16.3.